The van der Waals surface area contributed by atoms with Crippen LogP contribution in [0.15, 0.2) is 0 Å². The summed E-state index contributed by atoms with van der Waals surface area (Å²) in [5, 5.41) is 0. The van der Waals surface area contributed by atoms with Gasteiger partial charge in [-0.2, -0.15) is 0 Å². The molecule has 0 N–H and O–H groups in total. The quantitative estimate of drug-likeness (QED) is 0.549. The molecular weight excluding hydrogens is 120 g/mol. The Morgan fingerprint density at radius 3 is 2.60 bits per heavy atom. The smallest absolute Gasteiger partial charge is 0.0294 e. The highest BCUT2D eigenvalue weighted by molar-refractivity contribution is 4.98. The lowest BCUT2D eigenvalue weighted by atomic mass is 9.99. The van der Waals surface area contributed by atoms with Crippen LogP contribution < -0.4 is 0 Å². The van der Waals surface area contributed by atoms with Gasteiger partial charge in [-0.05, 0) is 43.4 Å². The highest BCUT2D eigenvalue weighted by Crippen LogP contribution is 2.60. The Labute approximate surface area is 64.0 Å². The zero-order valence-corrected chi connectivity index (χ0v) is 7.03. The molecule has 2 aliphatic carbocycles. The largest absolute Gasteiger partial charge is 0.0654 e. The highest BCUT2D eigenvalue weighted by atomic mass is 14.5. The van der Waals surface area contributed by atoms with Crippen molar-refractivity contribution in [3.8, 4) is 0 Å². The van der Waals surface area contributed by atoms with E-state index in [2.05, 4.69) is 6.92 Å². The fourth-order valence-corrected chi connectivity index (χ4v) is 2.61. The molecule has 0 amide bonds. The molecule has 2 rings (SSSR count). The summed E-state index contributed by atoms with van der Waals surface area (Å²) in [6.45, 7) is 2.32. The molecule has 0 bridgehead atoms. The molecule has 1 spiro atoms. The third-order valence-electron chi connectivity index (χ3n) is 3.46. The van der Waals surface area contributed by atoms with E-state index in [9.17, 15) is 0 Å². The monoisotopic (exact) mass is 138 g/mol. The molecule has 10 heavy (non-hydrogen) atoms. The molecule has 1 unspecified atom stereocenters. The van der Waals surface area contributed by atoms with Gasteiger partial charge in [0.25, 0.3) is 0 Å². The van der Waals surface area contributed by atoms with E-state index < -0.39 is 0 Å². The lowest BCUT2D eigenvalue weighted by Gasteiger charge is -2.06. The molecule has 0 radical (unpaired) electrons. The predicted octanol–water partition coefficient (Wildman–Crippen LogP) is 3.37. The summed E-state index contributed by atoms with van der Waals surface area (Å²) in [4.78, 5) is 0. The van der Waals surface area contributed by atoms with Crippen molar-refractivity contribution in [2.24, 2.45) is 11.3 Å². The molecule has 58 valence electrons. The molecule has 0 heterocycles. The number of rotatable bonds is 2. The van der Waals surface area contributed by atoms with Gasteiger partial charge in [-0.15, -0.1) is 0 Å². The minimum Gasteiger partial charge on any atom is -0.0654 e. The molecule has 0 heteroatoms. The number of hydrogen-bond acceptors (Lipinski definition) is 0. The maximum atomic E-state index is 2.32. The summed E-state index contributed by atoms with van der Waals surface area (Å²) in [6, 6.07) is 0. The standard InChI is InChI=1S/C10H18/c1-2-3-9-4-5-10(8-9)6-7-10/h9H,2-8H2,1H3. The highest BCUT2D eigenvalue weighted by Gasteiger charge is 2.47. The maximum Gasteiger partial charge on any atom is -0.0294 e. The Kier molecular flexibility index (Phi) is 1.51. The Hall–Kier alpha value is 0. The van der Waals surface area contributed by atoms with Gasteiger partial charge in [-0.1, -0.05) is 19.8 Å². The van der Waals surface area contributed by atoms with Gasteiger partial charge in [0.15, 0.2) is 0 Å². The van der Waals surface area contributed by atoms with Gasteiger partial charge in [0.1, 0.15) is 0 Å². The number of hydrogen-bond donors (Lipinski definition) is 0. The van der Waals surface area contributed by atoms with Crippen molar-refractivity contribution in [1.29, 1.82) is 0 Å². The Morgan fingerprint density at radius 2 is 2.10 bits per heavy atom. The Bertz CT molecular complexity index is 122. The van der Waals surface area contributed by atoms with Gasteiger partial charge in [0.2, 0.25) is 0 Å². The first kappa shape index (κ1) is 6.69. The van der Waals surface area contributed by atoms with Gasteiger partial charge >= 0.3 is 0 Å². The SMILES string of the molecule is CCCC1CCC2(CC2)C1. The van der Waals surface area contributed by atoms with Gasteiger partial charge < -0.3 is 0 Å². The van der Waals surface area contributed by atoms with Crippen molar-refractivity contribution in [2.75, 3.05) is 0 Å². The summed E-state index contributed by atoms with van der Waals surface area (Å²) < 4.78 is 0. The van der Waals surface area contributed by atoms with E-state index in [1.807, 2.05) is 0 Å². The van der Waals surface area contributed by atoms with Crippen LogP contribution in [0.5, 0.6) is 0 Å². The van der Waals surface area contributed by atoms with Gasteiger partial charge in [-0.3, -0.25) is 0 Å². The first-order chi connectivity index (χ1) is 4.85. The molecule has 0 saturated heterocycles. The second kappa shape index (κ2) is 2.25. The fraction of sp³-hybridized carbons (Fsp3) is 1.00. The second-order valence-corrected chi connectivity index (χ2v) is 4.40. The van der Waals surface area contributed by atoms with Crippen LogP contribution in [0, 0.1) is 11.3 Å². The summed E-state index contributed by atoms with van der Waals surface area (Å²) >= 11 is 0. The topological polar surface area (TPSA) is 0 Å². The minimum absolute atomic E-state index is 0.917. The first-order valence-electron chi connectivity index (χ1n) is 4.85. The second-order valence-electron chi connectivity index (χ2n) is 4.40. The van der Waals surface area contributed by atoms with Crippen molar-refractivity contribution in [2.45, 2.75) is 51.9 Å². The van der Waals surface area contributed by atoms with Crippen molar-refractivity contribution in [1.82, 2.24) is 0 Å². The summed E-state index contributed by atoms with van der Waals surface area (Å²) in [7, 11) is 0. The van der Waals surface area contributed by atoms with Crippen LogP contribution in [0.1, 0.15) is 51.9 Å². The molecule has 0 aromatic rings. The molecule has 1 atom stereocenters. The predicted molar refractivity (Wildman–Crippen MR) is 43.9 cm³/mol. The fourth-order valence-electron chi connectivity index (χ4n) is 2.61. The molecule has 2 fully saturated rings. The van der Waals surface area contributed by atoms with E-state index in [-0.39, 0.29) is 0 Å². The zero-order valence-electron chi connectivity index (χ0n) is 7.03. The van der Waals surface area contributed by atoms with E-state index in [0.29, 0.717) is 0 Å². The van der Waals surface area contributed by atoms with Crippen LogP contribution in [-0.4, -0.2) is 0 Å². The summed E-state index contributed by atoms with van der Waals surface area (Å²) in [5.41, 5.74) is 0.917. The van der Waals surface area contributed by atoms with Crippen LogP contribution in [-0.2, 0) is 0 Å². The lowest BCUT2D eigenvalue weighted by Crippen LogP contribution is -1.94. The van der Waals surface area contributed by atoms with Crippen molar-refractivity contribution < 1.29 is 0 Å². The van der Waals surface area contributed by atoms with Crippen molar-refractivity contribution in [3.05, 3.63) is 0 Å². The normalized spacial score (nSPS) is 35.1. The van der Waals surface area contributed by atoms with Crippen LogP contribution in [0.25, 0.3) is 0 Å². The van der Waals surface area contributed by atoms with E-state index in [1.165, 1.54) is 12.8 Å². The first-order valence-corrected chi connectivity index (χ1v) is 4.85. The Morgan fingerprint density at radius 1 is 1.30 bits per heavy atom. The van der Waals surface area contributed by atoms with Crippen LogP contribution >= 0.6 is 0 Å². The molecule has 2 saturated carbocycles. The Balaban J connectivity index is 1.82. The van der Waals surface area contributed by atoms with Crippen LogP contribution in [0.2, 0.25) is 0 Å². The minimum atomic E-state index is 0.917. The third-order valence-corrected chi connectivity index (χ3v) is 3.46. The average molecular weight is 138 g/mol. The van der Waals surface area contributed by atoms with E-state index in [0.717, 1.165) is 11.3 Å². The molecule has 2 aliphatic rings. The summed E-state index contributed by atoms with van der Waals surface area (Å²) in [5.74, 6) is 1.12. The van der Waals surface area contributed by atoms with Gasteiger partial charge in [0.05, 0.1) is 0 Å². The van der Waals surface area contributed by atoms with Gasteiger partial charge in [0, 0.05) is 0 Å². The molecule has 0 nitrogen and oxygen atoms in total. The van der Waals surface area contributed by atoms with Crippen molar-refractivity contribution in [3.63, 3.8) is 0 Å². The van der Waals surface area contributed by atoms with Crippen molar-refractivity contribution >= 4 is 0 Å². The summed E-state index contributed by atoms with van der Waals surface area (Å²) in [6.07, 6.45) is 10.7. The molecule has 0 aromatic heterocycles. The van der Waals surface area contributed by atoms with Crippen LogP contribution in [0.3, 0.4) is 0 Å². The lowest BCUT2D eigenvalue weighted by molar-refractivity contribution is 0.450. The molecular formula is C10H18. The van der Waals surface area contributed by atoms with E-state index in [4.69, 9.17) is 0 Å². The van der Waals surface area contributed by atoms with Gasteiger partial charge in [-0.25, -0.2) is 0 Å². The average Bonchev–Trinajstić information content (AvgIpc) is 2.52. The maximum absolute atomic E-state index is 2.32. The van der Waals surface area contributed by atoms with E-state index in [1.54, 1.807) is 32.1 Å². The van der Waals surface area contributed by atoms with E-state index >= 15 is 0 Å². The zero-order chi connectivity index (χ0) is 7.03. The third kappa shape index (κ3) is 1.09. The van der Waals surface area contributed by atoms with Crippen LogP contribution in [0.4, 0.5) is 0 Å². The molecule has 0 aliphatic heterocycles. The molecule has 0 aromatic carbocycles.